The molecule has 3 aliphatic rings. The number of benzene rings is 1. The Hall–Kier alpha value is -4.35. The Labute approximate surface area is 263 Å². The fourth-order valence-corrected chi connectivity index (χ4v) is 6.12. The number of amides is 4. The number of aromatic nitrogens is 1. The summed E-state index contributed by atoms with van der Waals surface area (Å²) in [6.07, 6.45) is 7.88. The Morgan fingerprint density at radius 2 is 1.73 bits per heavy atom. The van der Waals surface area contributed by atoms with E-state index in [0.29, 0.717) is 41.7 Å². The molecule has 45 heavy (non-hydrogen) atoms. The lowest BCUT2D eigenvalue weighted by Crippen LogP contribution is -2.50. The van der Waals surface area contributed by atoms with Gasteiger partial charge in [-0.3, -0.25) is 9.59 Å². The van der Waals surface area contributed by atoms with E-state index >= 15 is 0 Å². The average Bonchev–Trinajstić information content (AvgIpc) is 3.23. The van der Waals surface area contributed by atoms with Crippen molar-refractivity contribution in [1.82, 2.24) is 20.6 Å². The second-order valence-electron chi connectivity index (χ2n) is 14.0. The van der Waals surface area contributed by atoms with Gasteiger partial charge >= 0.3 is 12.2 Å². The lowest BCUT2D eigenvalue weighted by molar-refractivity contribution is -0.119. The van der Waals surface area contributed by atoms with Crippen LogP contribution >= 0.6 is 0 Å². The number of H-pyrrole nitrogens is 1. The molecule has 1 aliphatic carbocycles. The van der Waals surface area contributed by atoms with Crippen LogP contribution in [-0.4, -0.2) is 70.4 Å². The Balaban J connectivity index is 1.43. The maximum absolute atomic E-state index is 13.7. The summed E-state index contributed by atoms with van der Waals surface area (Å²) in [6.45, 7) is 11.7. The molecule has 5 rings (SSSR count). The van der Waals surface area contributed by atoms with Crippen molar-refractivity contribution in [2.45, 2.75) is 97.3 Å². The van der Waals surface area contributed by atoms with Crippen molar-refractivity contribution >= 4 is 52.4 Å². The number of carbonyl (C=O) groups excluding carboxylic acids is 4. The molecule has 0 saturated heterocycles. The van der Waals surface area contributed by atoms with Crippen LogP contribution in [0.3, 0.4) is 0 Å². The van der Waals surface area contributed by atoms with Crippen molar-refractivity contribution in [3.8, 4) is 0 Å². The number of hydrazone groups is 1. The van der Waals surface area contributed by atoms with Gasteiger partial charge in [0.05, 0.1) is 17.5 Å². The van der Waals surface area contributed by atoms with Crippen LogP contribution in [0.15, 0.2) is 23.3 Å². The number of nitrogens with zero attached hydrogens (tertiary/aromatic N) is 2. The minimum absolute atomic E-state index is 0.0320. The summed E-state index contributed by atoms with van der Waals surface area (Å²) >= 11 is 0. The zero-order valence-corrected chi connectivity index (χ0v) is 27.0. The lowest BCUT2D eigenvalue weighted by atomic mass is 9.83. The molecule has 1 atom stereocenters. The largest absolute Gasteiger partial charge is 0.444 e. The van der Waals surface area contributed by atoms with Gasteiger partial charge in [-0.2, -0.15) is 5.10 Å². The van der Waals surface area contributed by atoms with E-state index in [1.165, 1.54) is 0 Å². The van der Waals surface area contributed by atoms with Crippen molar-refractivity contribution in [3.05, 3.63) is 35.0 Å². The number of aromatic amines is 1. The highest BCUT2D eigenvalue weighted by atomic mass is 16.6. The SMILES string of the molecule is CC(C)(C)OC(=O)N[C@@H](C(=O)Nc1cc2c3c(c(C4=CCN(C(=O)OC(C)(C)C)CC4)[nH]c3c1)C=NNC2=O)C1CCCCC1. The molecule has 0 spiro atoms. The fraction of sp³-hybridized carbons (Fsp3) is 0.545. The second kappa shape index (κ2) is 12.6. The van der Waals surface area contributed by atoms with Gasteiger partial charge in [-0.15, -0.1) is 0 Å². The number of hydrogen-bond donors (Lipinski definition) is 4. The Kier molecular flexibility index (Phi) is 8.95. The second-order valence-corrected chi connectivity index (χ2v) is 14.0. The van der Waals surface area contributed by atoms with Crippen LogP contribution in [0.4, 0.5) is 15.3 Å². The summed E-state index contributed by atoms with van der Waals surface area (Å²) in [7, 11) is 0. The Bertz CT molecular complexity index is 1550. The molecule has 0 bridgehead atoms. The predicted octanol–water partition coefficient (Wildman–Crippen LogP) is 5.68. The first kappa shape index (κ1) is 32.1. The van der Waals surface area contributed by atoms with Gasteiger partial charge in [0, 0.05) is 35.2 Å². The van der Waals surface area contributed by atoms with Crippen LogP contribution in [0.25, 0.3) is 16.5 Å². The summed E-state index contributed by atoms with van der Waals surface area (Å²) in [5, 5.41) is 10.6. The topological polar surface area (TPSA) is 154 Å². The minimum atomic E-state index is -0.790. The standard InChI is InChI=1S/C33H44N6O6/c1-32(2,3)44-30(42)37-27(19-10-8-7-9-11-19)29(41)35-21-16-22-25-23(18-34-38-28(22)40)26(36-24(25)17-21)20-12-14-39(15-13-20)31(43)45-33(4,5)6/h12,16-19,27,36H,7-11,13-15H2,1-6H3,(H,35,41)(H,37,42)(H,38,40)/t27-/m1/s1. The van der Waals surface area contributed by atoms with Crippen molar-refractivity contribution in [1.29, 1.82) is 0 Å². The number of hydrogen-bond acceptors (Lipinski definition) is 7. The molecule has 1 fully saturated rings. The third-order valence-corrected chi connectivity index (χ3v) is 8.07. The summed E-state index contributed by atoms with van der Waals surface area (Å²) in [5.74, 6) is -0.801. The third-order valence-electron chi connectivity index (χ3n) is 8.07. The van der Waals surface area contributed by atoms with Crippen LogP contribution in [0.1, 0.15) is 102 Å². The van der Waals surface area contributed by atoms with E-state index < -0.39 is 29.2 Å². The maximum Gasteiger partial charge on any atom is 0.410 e. The van der Waals surface area contributed by atoms with Gasteiger partial charge in [-0.1, -0.05) is 25.3 Å². The summed E-state index contributed by atoms with van der Waals surface area (Å²) in [5.41, 5.74) is 5.23. The Morgan fingerprint density at radius 1 is 1.02 bits per heavy atom. The van der Waals surface area contributed by atoms with Crippen LogP contribution in [0, 0.1) is 5.92 Å². The molecule has 12 heteroatoms. The summed E-state index contributed by atoms with van der Waals surface area (Å²) in [4.78, 5) is 57.3. The number of nitrogens with one attached hydrogen (secondary N) is 4. The van der Waals surface area contributed by atoms with E-state index in [2.05, 4.69) is 26.1 Å². The molecule has 4 N–H and O–H groups in total. The van der Waals surface area contributed by atoms with Gasteiger partial charge in [-0.25, -0.2) is 15.0 Å². The van der Waals surface area contributed by atoms with E-state index in [9.17, 15) is 19.2 Å². The van der Waals surface area contributed by atoms with Gasteiger partial charge in [0.1, 0.15) is 17.2 Å². The molecule has 2 aliphatic heterocycles. The smallest absolute Gasteiger partial charge is 0.410 e. The van der Waals surface area contributed by atoms with E-state index in [1.807, 2.05) is 26.8 Å². The van der Waals surface area contributed by atoms with Crippen LogP contribution in [-0.2, 0) is 14.3 Å². The highest BCUT2D eigenvalue weighted by molar-refractivity contribution is 6.17. The number of ether oxygens (including phenoxy) is 2. The number of rotatable bonds is 5. The molecule has 0 radical (unpaired) electrons. The van der Waals surface area contributed by atoms with Crippen LogP contribution in [0.5, 0.6) is 0 Å². The summed E-state index contributed by atoms with van der Waals surface area (Å²) in [6, 6.07) is 2.64. The fourth-order valence-electron chi connectivity index (χ4n) is 6.12. The quantitative estimate of drug-likeness (QED) is 0.337. The van der Waals surface area contributed by atoms with Gasteiger partial charge in [0.25, 0.3) is 5.91 Å². The van der Waals surface area contributed by atoms with Gasteiger partial charge in [-0.05, 0) is 84.4 Å². The highest BCUT2D eigenvalue weighted by Crippen LogP contribution is 2.35. The molecule has 1 aromatic carbocycles. The van der Waals surface area contributed by atoms with E-state index in [0.717, 1.165) is 48.9 Å². The van der Waals surface area contributed by atoms with Crippen molar-refractivity contribution in [2.24, 2.45) is 11.0 Å². The van der Waals surface area contributed by atoms with Gasteiger partial charge in [0.2, 0.25) is 5.91 Å². The van der Waals surface area contributed by atoms with Gasteiger partial charge < -0.3 is 30.0 Å². The van der Waals surface area contributed by atoms with E-state index in [-0.39, 0.29) is 17.9 Å². The van der Waals surface area contributed by atoms with Crippen molar-refractivity contribution < 1.29 is 28.7 Å². The van der Waals surface area contributed by atoms with Gasteiger partial charge in [0.15, 0.2) is 0 Å². The van der Waals surface area contributed by atoms with E-state index in [4.69, 9.17) is 9.47 Å². The van der Waals surface area contributed by atoms with Crippen molar-refractivity contribution in [2.75, 3.05) is 18.4 Å². The lowest BCUT2D eigenvalue weighted by Gasteiger charge is -2.31. The zero-order chi connectivity index (χ0) is 32.5. The third kappa shape index (κ3) is 7.66. The molecular weight excluding hydrogens is 576 g/mol. The first-order chi connectivity index (χ1) is 21.2. The average molecular weight is 621 g/mol. The Morgan fingerprint density at radius 3 is 2.38 bits per heavy atom. The monoisotopic (exact) mass is 620 g/mol. The predicted molar refractivity (Wildman–Crippen MR) is 172 cm³/mol. The zero-order valence-electron chi connectivity index (χ0n) is 27.0. The van der Waals surface area contributed by atoms with E-state index in [1.54, 1.807) is 44.0 Å². The van der Waals surface area contributed by atoms with Crippen LogP contribution < -0.4 is 16.1 Å². The molecule has 12 nitrogen and oxygen atoms in total. The molecule has 3 heterocycles. The van der Waals surface area contributed by atoms with Crippen LogP contribution in [0.2, 0.25) is 0 Å². The molecule has 1 saturated carbocycles. The minimum Gasteiger partial charge on any atom is -0.444 e. The number of carbonyl (C=O) groups is 4. The number of alkyl carbamates (subject to hydrolysis) is 1. The molecule has 2 aromatic rings. The highest BCUT2D eigenvalue weighted by Gasteiger charge is 2.33. The molecule has 242 valence electrons. The molecule has 0 unspecified atom stereocenters. The normalized spacial score (nSPS) is 18.0. The number of anilines is 1. The molecular formula is C33H44N6O6. The maximum atomic E-state index is 13.7. The summed E-state index contributed by atoms with van der Waals surface area (Å²) < 4.78 is 11.0. The molecule has 4 amide bonds. The first-order valence-electron chi connectivity index (χ1n) is 15.7. The van der Waals surface area contributed by atoms with Crippen molar-refractivity contribution in [3.63, 3.8) is 0 Å². The first-order valence-corrected chi connectivity index (χ1v) is 15.7. The molecule has 1 aromatic heterocycles.